The minimum Gasteiger partial charge on any atom is -0.454 e. The Bertz CT molecular complexity index is 743. The number of benzene rings is 2. The number of fused-ring (bicyclic) bond motifs is 1. The summed E-state index contributed by atoms with van der Waals surface area (Å²) in [6, 6.07) is 13.8. The van der Waals surface area contributed by atoms with Gasteiger partial charge in [-0.05, 0) is 49.2 Å². The summed E-state index contributed by atoms with van der Waals surface area (Å²) in [5.41, 5.74) is 3.22. The van der Waals surface area contributed by atoms with Crippen LogP contribution in [0.25, 0.3) is 0 Å². The highest BCUT2D eigenvalue weighted by molar-refractivity contribution is 5.93. The van der Waals surface area contributed by atoms with Crippen LogP contribution in [-0.4, -0.2) is 25.8 Å². The average molecular weight is 341 g/mol. The summed E-state index contributed by atoms with van der Waals surface area (Å²) in [6.45, 7) is 5.07. The Balaban J connectivity index is 1.59. The smallest absolute Gasteiger partial charge is 0.282 e. The lowest BCUT2D eigenvalue weighted by Crippen LogP contribution is -3.12. The van der Waals surface area contributed by atoms with Crippen LogP contribution in [0.4, 0.5) is 5.69 Å². The van der Waals surface area contributed by atoms with Gasteiger partial charge in [-0.3, -0.25) is 4.79 Å². The van der Waals surface area contributed by atoms with Gasteiger partial charge < -0.3 is 19.7 Å². The summed E-state index contributed by atoms with van der Waals surface area (Å²) in [6.07, 6.45) is 0.993. The monoisotopic (exact) mass is 341 g/mol. The molecule has 1 amide bonds. The van der Waals surface area contributed by atoms with Crippen molar-refractivity contribution < 1.29 is 19.2 Å². The van der Waals surface area contributed by atoms with Crippen molar-refractivity contribution in [1.82, 2.24) is 0 Å². The summed E-state index contributed by atoms with van der Waals surface area (Å²) in [5.74, 6) is 1.57. The minimum atomic E-state index is -0.170. The van der Waals surface area contributed by atoms with E-state index in [-0.39, 0.29) is 18.7 Å². The van der Waals surface area contributed by atoms with Gasteiger partial charge in [0, 0.05) is 11.3 Å². The normalized spacial score (nSPS) is 14.8. The molecule has 0 radical (unpaired) electrons. The fourth-order valence-corrected chi connectivity index (χ4v) is 2.82. The van der Waals surface area contributed by atoms with Crippen LogP contribution in [-0.2, 0) is 17.8 Å². The van der Waals surface area contributed by atoms with Crippen LogP contribution < -0.4 is 19.7 Å². The molecule has 2 atom stereocenters. The Morgan fingerprint density at radius 2 is 1.80 bits per heavy atom. The van der Waals surface area contributed by atoms with Gasteiger partial charge in [-0.1, -0.05) is 19.1 Å². The van der Waals surface area contributed by atoms with Crippen molar-refractivity contribution in [3.8, 4) is 11.5 Å². The molecule has 0 spiro atoms. The standard InChI is InChI=1S/C20H24N2O3/c1-4-15-5-8-17(9-6-15)21-20(23)14(2)22(3)12-16-7-10-18-19(11-16)25-13-24-18/h5-11,14H,4,12-13H2,1-3H3,(H,21,23)/p+1/t14-/m1/s1. The van der Waals surface area contributed by atoms with Crippen LogP contribution in [0.2, 0.25) is 0 Å². The van der Waals surface area contributed by atoms with Crippen LogP contribution in [0.5, 0.6) is 11.5 Å². The third-order valence-corrected chi connectivity index (χ3v) is 4.68. The zero-order valence-electron chi connectivity index (χ0n) is 15.0. The third kappa shape index (κ3) is 4.12. The molecule has 5 nitrogen and oxygen atoms in total. The lowest BCUT2D eigenvalue weighted by Gasteiger charge is -2.21. The van der Waals surface area contributed by atoms with Gasteiger partial charge in [0.2, 0.25) is 6.79 Å². The predicted octanol–water partition coefficient (Wildman–Crippen LogP) is 2.02. The van der Waals surface area contributed by atoms with Gasteiger partial charge >= 0.3 is 0 Å². The van der Waals surface area contributed by atoms with Gasteiger partial charge in [0.05, 0.1) is 7.05 Å². The second-order valence-corrected chi connectivity index (χ2v) is 6.47. The van der Waals surface area contributed by atoms with E-state index in [2.05, 4.69) is 12.2 Å². The number of carbonyl (C=O) groups is 1. The van der Waals surface area contributed by atoms with Crippen molar-refractivity contribution in [3.63, 3.8) is 0 Å². The van der Waals surface area contributed by atoms with Crippen LogP contribution in [0.1, 0.15) is 25.0 Å². The van der Waals surface area contributed by atoms with Crippen LogP contribution >= 0.6 is 0 Å². The predicted molar refractivity (Wildman–Crippen MR) is 97.1 cm³/mol. The molecule has 1 aliphatic rings. The molecule has 2 aromatic carbocycles. The molecule has 0 aromatic heterocycles. The maximum Gasteiger partial charge on any atom is 0.282 e. The van der Waals surface area contributed by atoms with E-state index in [1.165, 1.54) is 5.56 Å². The SMILES string of the molecule is CCc1ccc(NC(=O)[C@@H](C)[NH+](C)Cc2ccc3c(c2)OCO3)cc1. The fraction of sp³-hybridized carbons (Fsp3) is 0.350. The number of rotatable bonds is 6. The summed E-state index contributed by atoms with van der Waals surface area (Å²) < 4.78 is 10.7. The minimum absolute atomic E-state index is 0.0162. The highest BCUT2D eigenvalue weighted by atomic mass is 16.7. The zero-order valence-corrected chi connectivity index (χ0v) is 15.0. The molecule has 1 heterocycles. The van der Waals surface area contributed by atoms with Crippen molar-refractivity contribution in [3.05, 3.63) is 53.6 Å². The zero-order chi connectivity index (χ0) is 17.8. The Morgan fingerprint density at radius 1 is 1.12 bits per heavy atom. The molecule has 132 valence electrons. The molecule has 25 heavy (non-hydrogen) atoms. The Kier molecular flexibility index (Phi) is 5.24. The van der Waals surface area contributed by atoms with E-state index in [0.29, 0.717) is 0 Å². The van der Waals surface area contributed by atoms with E-state index in [1.807, 2.05) is 56.4 Å². The Morgan fingerprint density at radius 3 is 2.52 bits per heavy atom. The first-order chi connectivity index (χ1) is 12.1. The number of likely N-dealkylation sites (N-methyl/N-ethyl adjacent to an activating group) is 1. The summed E-state index contributed by atoms with van der Waals surface area (Å²) >= 11 is 0. The molecule has 1 aliphatic heterocycles. The summed E-state index contributed by atoms with van der Waals surface area (Å²) in [7, 11) is 2.02. The number of aryl methyl sites for hydroxylation is 1. The van der Waals surface area contributed by atoms with Crippen LogP contribution in [0, 0.1) is 0 Å². The van der Waals surface area contributed by atoms with E-state index in [9.17, 15) is 4.79 Å². The molecule has 0 bridgehead atoms. The number of hydrogen-bond acceptors (Lipinski definition) is 3. The molecule has 2 aromatic rings. The average Bonchev–Trinajstić information content (AvgIpc) is 3.09. The molecule has 1 unspecified atom stereocenters. The van der Waals surface area contributed by atoms with Gasteiger partial charge in [-0.15, -0.1) is 0 Å². The van der Waals surface area contributed by atoms with Crippen molar-refractivity contribution in [2.45, 2.75) is 32.9 Å². The molecule has 0 fully saturated rings. The van der Waals surface area contributed by atoms with Gasteiger partial charge in [0.1, 0.15) is 6.54 Å². The number of carbonyl (C=O) groups excluding carboxylic acids is 1. The largest absolute Gasteiger partial charge is 0.454 e. The van der Waals surface area contributed by atoms with E-state index >= 15 is 0 Å². The number of ether oxygens (including phenoxy) is 2. The van der Waals surface area contributed by atoms with Crippen molar-refractivity contribution >= 4 is 11.6 Å². The van der Waals surface area contributed by atoms with Crippen LogP contribution in [0.3, 0.4) is 0 Å². The third-order valence-electron chi connectivity index (χ3n) is 4.68. The first-order valence-electron chi connectivity index (χ1n) is 8.67. The Labute approximate surface area is 148 Å². The van der Waals surface area contributed by atoms with Gasteiger partial charge in [-0.25, -0.2) is 0 Å². The van der Waals surface area contributed by atoms with Crippen molar-refractivity contribution in [2.75, 3.05) is 19.2 Å². The van der Waals surface area contributed by atoms with E-state index in [0.717, 1.165) is 40.6 Å². The molecular weight excluding hydrogens is 316 g/mol. The number of hydrogen-bond donors (Lipinski definition) is 2. The molecule has 3 rings (SSSR count). The summed E-state index contributed by atoms with van der Waals surface area (Å²) in [4.78, 5) is 13.6. The van der Waals surface area contributed by atoms with Gasteiger partial charge in [0.15, 0.2) is 17.5 Å². The van der Waals surface area contributed by atoms with Crippen LogP contribution in [0.15, 0.2) is 42.5 Å². The van der Waals surface area contributed by atoms with Crippen molar-refractivity contribution in [2.24, 2.45) is 0 Å². The molecule has 0 saturated carbocycles. The maximum atomic E-state index is 12.5. The van der Waals surface area contributed by atoms with Gasteiger partial charge in [0.25, 0.3) is 5.91 Å². The topological polar surface area (TPSA) is 52.0 Å². The second kappa shape index (κ2) is 7.57. The molecule has 0 saturated heterocycles. The number of anilines is 1. The highest BCUT2D eigenvalue weighted by Gasteiger charge is 2.23. The molecule has 0 aliphatic carbocycles. The molecule has 5 heteroatoms. The Hall–Kier alpha value is -2.53. The van der Waals surface area contributed by atoms with E-state index in [4.69, 9.17) is 9.47 Å². The number of nitrogens with one attached hydrogen (secondary N) is 2. The number of amides is 1. The number of quaternary nitrogens is 1. The highest BCUT2D eigenvalue weighted by Crippen LogP contribution is 2.32. The van der Waals surface area contributed by atoms with E-state index in [1.54, 1.807) is 0 Å². The van der Waals surface area contributed by atoms with Crippen molar-refractivity contribution in [1.29, 1.82) is 0 Å². The van der Waals surface area contributed by atoms with Gasteiger partial charge in [-0.2, -0.15) is 0 Å². The molecular formula is C20H25N2O3+. The lowest BCUT2D eigenvalue weighted by molar-refractivity contribution is -0.907. The maximum absolute atomic E-state index is 12.5. The second-order valence-electron chi connectivity index (χ2n) is 6.47. The first-order valence-corrected chi connectivity index (χ1v) is 8.67. The summed E-state index contributed by atoms with van der Waals surface area (Å²) in [5, 5.41) is 3.00. The molecule has 2 N–H and O–H groups in total. The lowest BCUT2D eigenvalue weighted by atomic mass is 10.1. The quantitative estimate of drug-likeness (QED) is 0.845. The first kappa shape index (κ1) is 17.3. The van der Waals surface area contributed by atoms with E-state index < -0.39 is 0 Å². The fourth-order valence-electron chi connectivity index (χ4n) is 2.82.